The molecule has 3 aromatic rings. The summed E-state index contributed by atoms with van der Waals surface area (Å²) in [5.74, 6) is -0.0966. The highest BCUT2D eigenvalue weighted by molar-refractivity contribution is 6.31. The minimum Gasteiger partial charge on any atom is -0.384 e. The molecule has 25 heavy (non-hydrogen) atoms. The van der Waals surface area contributed by atoms with Crippen molar-refractivity contribution in [3.63, 3.8) is 0 Å². The monoisotopic (exact) mass is 373 g/mol. The van der Waals surface area contributed by atoms with Crippen LogP contribution in [-0.2, 0) is 0 Å². The van der Waals surface area contributed by atoms with Gasteiger partial charge >= 0.3 is 0 Å². The molecular weight excluding hydrogens is 357 g/mol. The summed E-state index contributed by atoms with van der Waals surface area (Å²) in [6.45, 7) is 1.33. The van der Waals surface area contributed by atoms with Crippen molar-refractivity contribution >= 4 is 45.7 Å². The average molecular weight is 374 g/mol. The summed E-state index contributed by atoms with van der Waals surface area (Å²) in [6, 6.07) is 14.4. The summed E-state index contributed by atoms with van der Waals surface area (Å²) in [5.41, 5.74) is 2.47. The summed E-state index contributed by atoms with van der Waals surface area (Å²) in [7, 11) is 0. The summed E-state index contributed by atoms with van der Waals surface area (Å²) < 4.78 is 0. The molecule has 1 heterocycles. The van der Waals surface area contributed by atoms with Gasteiger partial charge in [0.15, 0.2) is 0 Å². The Balaban J connectivity index is 1.49. The number of nitrogens with zero attached hydrogens (tertiary/aromatic N) is 1. The van der Waals surface area contributed by atoms with Crippen LogP contribution in [0.25, 0.3) is 10.9 Å². The number of aromatic nitrogens is 1. The van der Waals surface area contributed by atoms with E-state index in [1.807, 2.05) is 24.3 Å². The fourth-order valence-corrected chi connectivity index (χ4v) is 2.78. The van der Waals surface area contributed by atoms with Gasteiger partial charge in [-0.05, 0) is 55.0 Å². The zero-order valence-corrected chi connectivity index (χ0v) is 14.9. The third-order valence-electron chi connectivity index (χ3n) is 3.77. The lowest BCUT2D eigenvalue weighted by molar-refractivity contribution is 0.0953. The number of carbonyl (C=O) groups is 1. The lowest BCUT2D eigenvalue weighted by atomic mass is 10.2. The molecule has 3 rings (SSSR count). The number of pyridine rings is 1. The normalized spacial score (nSPS) is 10.6. The highest BCUT2D eigenvalue weighted by Gasteiger charge is 2.05. The molecule has 0 saturated heterocycles. The first-order chi connectivity index (χ1) is 12.1. The standard InChI is InChI=1S/C19H17Cl2N3O/c20-14-4-2-13(3-5-14)19(25)24-10-1-9-22-17-8-11-23-18-12-15(21)6-7-16(17)18/h2-8,11-12H,1,9-10H2,(H,22,23)(H,24,25). The highest BCUT2D eigenvalue weighted by Crippen LogP contribution is 2.24. The Hall–Kier alpha value is -2.30. The van der Waals surface area contributed by atoms with Crippen molar-refractivity contribution in [3.05, 3.63) is 70.3 Å². The zero-order chi connectivity index (χ0) is 17.6. The Bertz CT molecular complexity index is 881. The van der Waals surface area contributed by atoms with Gasteiger partial charge in [0.25, 0.3) is 5.91 Å². The number of halogens is 2. The van der Waals surface area contributed by atoms with Gasteiger partial charge in [0.2, 0.25) is 0 Å². The van der Waals surface area contributed by atoms with Crippen LogP contribution in [0.2, 0.25) is 10.0 Å². The van der Waals surface area contributed by atoms with Gasteiger partial charge in [-0.15, -0.1) is 0 Å². The molecule has 0 bridgehead atoms. The van der Waals surface area contributed by atoms with Crippen molar-refractivity contribution in [1.82, 2.24) is 10.3 Å². The zero-order valence-electron chi connectivity index (χ0n) is 13.4. The number of anilines is 1. The number of benzene rings is 2. The van der Waals surface area contributed by atoms with Gasteiger partial charge in [0, 0.05) is 46.0 Å². The van der Waals surface area contributed by atoms with Crippen molar-refractivity contribution in [1.29, 1.82) is 0 Å². The first kappa shape index (κ1) is 17.5. The van der Waals surface area contributed by atoms with Crippen molar-refractivity contribution in [2.24, 2.45) is 0 Å². The Morgan fingerprint density at radius 3 is 2.52 bits per heavy atom. The van der Waals surface area contributed by atoms with Gasteiger partial charge in [0.1, 0.15) is 0 Å². The van der Waals surface area contributed by atoms with Crippen molar-refractivity contribution in [2.45, 2.75) is 6.42 Å². The number of nitrogens with one attached hydrogen (secondary N) is 2. The van der Waals surface area contributed by atoms with E-state index in [2.05, 4.69) is 15.6 Å². The number of hydrogen-bond acceptors (Lipinski definition) is 3. The maximum absolute atomic E-state index is 12.0. The molecule has 4 nitrogen and oxygen atoms in total. The molecular formula is C19H17Cl2N3O. The van der Waals surface area contributed by atoms with E-state index < -0.39 is 0 Å². The number of rotatable bonds is 6. The largest absolute Gasteiger partial charge is 0.384 e. The SMILES string of the molecule is O=C(NCCCNc1ccnc2cc(Cl)ccc12)c1ccc(Cl)cc1. The number of fused-ring (bicyclic) bond motifs is 1. The van der Waals surface area contributed by atoms with Crippen LogP contribution in [0.4, 0.5) is 5.69 Å². The van der Waals surface area contributed by atoms with E-state index in [0.29, 0.717) is 22.2 Å². The molecule has 0 aliphatic carbocycles. The number of amides is 1. The van der Waals surface area contributed by atoms with E-state index in [1.165, 1.54) is 0 Å². The molecule has 0 atom stereocenters. The molecule has 0 spiro atoms. The number of carbonyl (C=O) groups excluding carboxylic acids is 1. The predicted octanol–water partition coefficient (Wildman–Crippen LogP) is 4.77. The quantitative estimate of drug-likeness (QED) is 0.611. The van der Waals surface area contributed by atoms with Crippen molar-refractivity contribution in [3.8, 4) is 0 Å². The van der Waals surface area contributed by atoms with Crippen molar-refractivity contribution < 1.29 is 4.79 Å². The second kappa shape index (κ2) is 8.19. The molecule has 0 saturated carbocycles. The van der Waals surface area contributed by atoms with Crippen LogP contribution in [0.15, 0.2) is 54.7 Å². The van der Waals surface area contributed by atoms with Crippen LogP contribution in [0, 0.1) is 0 Å². The fourth-order valence-electron chi connectivity index (χ4n) is 2.49. The topological polar surface area (TPSA) is 54.0 Å². The minimum absolute atomic E-state index is 0.0966. The Morgan fingerprint density at radius 1 is 0.960 bits per heavy atom. The summed E-state index contributed by atoms with van der Waals surface area (Å²) in [6.07, 6.45) is 2.56. The van der Waals surface area contributed by atoms with E-state index in [0.717, 1.165) is 29.6 Å². The molecule has 0 unspecified atom stereocenters. The van der Waals surface area contributed by atoms with E-state index in [4.69, 9.17) is 23.2 Å². The van der Waals surface area contributed by atoms with Crippen LogP contribution in [-0.4, -0.2) is 24.0 Å². The van der Waals surface area contributed by atoms with Crippen LogP contribution < -0.4 is 10.6 Å². The first-order valence-electron chi connectivity index (χ1n) is 7.95. The van der Waals surface area contributed by atoms with E-state index in [1.54, 1.807) is 30.5 Å². The summed E-state index contributed by atoms with van der Waals surface area (Å²) in [5, 5.41) is 8.58. The lowest BCUT2D eigenvalue weighted by Gasteiger charge is -2.10. The number of hydrogen-bond donors (Lipinski definition) is 2. The molecule has 1 aromatic heterocycles. The lowest BCUT2D eigenvalue weighted by Crippen LogP contribution is -2.25. The molecule has 2 aromatic carbocycles. The van der Waals surface area contributed by atoms with E-state index in [-0.39, 0.29) is 5.91 Å². The fraction of sp³-hybridized carbons (Fsp3) is 0.158. The first-order valence-corrected chi connectivity index (χ1v) is 8.71. The highest BCUT2D eigenvalue weighted by atomic mass is 35.5. The van der Waals surface area contributed by atoms with Crippen LogP contribution in [0.1, 0.15) is 16.8 Å². The van der Waals surface area contributed by atoms with Gasteiger partial charge in [-0.3, -0.25) is 9.78 Å². The van der Waals surface area contributed by atoms with Gasteiger partial charge in [-0.2, -0.15) is 0 Å². The molecule has 2 N–H and O–H groups in total. The van der Waals surface area contributed by atoms with Gasteiger partial charge in [-0.25, -0.2) is 0 Å². The molecule has 0 aliphatic rings. The smallest absolute Gasteiger partial charge is 0.251 e. The molecule has 0 fully saturated rings. The minimum atomic E-state index is -0.0966. The Labute approximate surface area is 156 Å². The third kappa shape index (κ3) is 4.62. The maximum Gasteiger partial charge on any atom is 0.251 e. The van der Waals surface area contributed by atoms with E-state index >= 15 is 0 Å². The van der Waals surface area contributed by atoms with Crippen LogP contribution in [0.5, 0.6) is 0 Å². The summed E-state index contributed by atoms with van der Waals surface area (Å²) in [4.78, 5) is 16.3. The van der Waals surface area contributed by atoms with Crippen LogP contribution in [0.3, 0.4) is 0 Å². The molecule has 1 amide bonds. The van der Waals surface area contributed by atoms with Crippen LogP contribution >= 0.6 is 23.2 Å². The maximum atomic E-state index is 12.0. The Kier molecular flexibility index (Phi) is 5.74. The molecule has 6 heteroatoms. The van der Waals surface area contributed by atoms with E-state index in [9.17, 15) is 4.79 Å². The van der Waals surface area contributed by atoms with Gasteiger partial charge in [-0.1, -0.05) is 23.2 Å². The third-order valence-corrected chi connectivity index (χ3v) is 4.25. The second-order valence-electron chi connectivity index (χ2n) is 5.56. The molecule has 128 valence electrons. The van der Waals surface area contributed by atoms with Crippen molar-refractivity contribution in [2.75, 3.05) is 18.4 Å². The molecule has 0 aliphatic heterocycles. The Morgan fingerprint density at radius 2 is 1.72 bits per heavy atom. The van der Waals surface area contributed by atoms with Gasteiger partial charge in [0.05, 0.1) is 5.52 Å². The summed E-state index contributed by atoms with van der Waals surface area (Å²) >= 11 is 11.8. The molecule has 0 radical (unpaired) electrons. The van der Waals surface area contributed by atoms with Gasteiger partial charge < -0.3 is 10.6 Å². The second-order valence-corrected chi connectivity index (χ2v) is 6.44. The predicted molar refractivity (Wildman–Crippen MR) is 104 cm³/mol. The average Bonchev–Trinajstić information content (AvgIpc) is 2.61.